The zero-order chi connectivity index (χ0) is 20.7. The molecule has 0 spiro atoms. The lowest BCUT2D eigenvalue weighted by atomic mass is 10.1. The maximum absolute atomic E-state index is 11.8. The number of carbonyl (C=O) groups excluding carboxylic acids is 1. The largest absolute Gasteiger partial charge is 0.356 e. The second-order valence-electron chi connectivity index (χ2n) is 8.06. The second-order valence-corrected chi connectivity index (χ2v) is 8.06. The topological polar surface area (TPSA) is 102 Å². The zero-order valence-electron chi connectivity index (χ0n) is 20.9. The van der Waals surface area contributed by atoms with Crippen LogP contribution in [0.5, 0.6) is 0 Å². The van der Waals surface area contributed by atoms with Gasteiger partial charge in [0.2, 0.25) is 5.91 Å². The van der Waals surface area contributed by atoms with E-state index in [4.69, 9.17) is 0 Å². The summed E-state index contributed by atoms with van der Waals surface area (Å²) in [6, 6.07) is 0. The van der Waals surface area contributed by atoms with Crippen molar-refractivity contribution in [2.24, 2.45) is 0 Å². The molecule has 5 heteroatoms. The molecule has 0 atom stereocenters. The number of nitrogens with one attached hydrogen (secondary N) is 1. The van der Waals surface area contributed by atoms with Crippen LogP contribution in [0.25, 0.3) is 0 Å². The van der Waals surface area contributed by atoms with Gasteiger partial charge in [-0.15, -0.1) is 0 Å². The van der Waals surface area contributed by atoms with E-state index in [0.717, 1.165) is 39.0 Å². The number of carbonyl (C=O) groups is 1. The van der Waals surface area contributed by atoms with E-state index in [1.807, 2.05) is 0 Å². The van der Waals surface area contributed by atoms with Gasteiger partial charge in [-0.1, -0.05) is 84.3 Å². The Bertz CT molecular complexity index is 357. The van der Waals surface area contributed by atoms with Gasteiger partial charge in [-0.3, -0.25) is 4.79 Å². The van der Waals surface area contributed by atoms with Crippen molar-refractivity contribution in [1.29, 1.82) is 0 Å². The highest BCUT2D eigenvalue weighted by atomic mass is 16.1. The van der Waals surface area contributed by atoms with E-state index in [2.05, 4.69) is 43.1 Å². The lowest BCUT2D eigenvalue weighted by Crippen LogP contribution is -2.29. The molecule has 0 aliphatic carbocycles. The predicted octanol–water partition coefficient (Wildman–Crippen LogP) is 7.20. The summed E-state index contributed by atoms with van der Waals surface area (Å²) in [5.41, 5.74) is 0. The molecule has 0 radical (unpaired) electrons. The summed E-state index contributed by atoms with van der Waals surface area (Å²) >= 11 is 0. The van der Waals surface area contributed by atoms with E-state index in [1.54, 1.807) is 0 Å². The maximum atomic E-state index is 11.8. The molecule has 0 aliphatic rings. The van der Waals surface area contributed by atoms with Crippen molar-refractivity contribution in [2.45, 2.75) is 117 Å². The number of nitrogens with zero attached hydrogens (tertiary/aromatic N) is 1. The first kappa shape index (κ1) is 33.7. The second kappa shape index (κ2) is 28.1. The van der Waals surface area contributed by atoms with Gasteiger partial charge in [-0.25, -0.2) is 0 Å². The van der Waals surface area contributed by atoms with Crippen LogP contribution in [0.2, 0.25) is 0 Å². The van der Waals surface area contributed by atoms with E-state index in [9.17, 15) is 4.79 Å². The fourth-order valence-electron chi connectivity index (χ4n) is 3.51. The van der Waals surface area contributed by atoms with Gasteiger partial charge in [0.05, 0.1) is 0 Å². The average molecular weight is 429 g/mol. The van der Waals surface area contributed by atoms with Crippen molar-refractivity contribution in [3.8, 4) is 0 Å². The molecule has 30 heavy (non-hydrogen) atoms. The van der Waals surface area contributed by atoms with Gasteiger partial charge in [0, 0.05) is 13.0 Å². The average Bonchev–Trinajstić information content (AvgIpc) is 2.71. The van der Waals surface area contributed by atoms with Gasteiger partial charge in [-0.2, -0.15) is 0 Å². The summed E-state index contributed by atoms with van der Waals surface area (Å²) in [6.45, 7) is 10.7. The van der Waals surface area contributed by atoms with Crippen LogP contribution < -0.4 is 17.6 Å². The van der Waals surface area contributed by atoms with E-state index < -0.39 is 0 Å². The van der Waals surface area contributed by atoms with Gasteiger partial charge in [0.15, 0.2) is 0 Å². The Kier molecular flexibility index (Phi) is 31.6. The monoisotopic (exact) mass is 428 g/mol. The SMILES string of the molecule is CCCCCCCC/C=C\CCCCCCCC(=O)NCCCN(CC)CC.N.N. The minimum atomic E-state index is 0. The maximum Gasteiger partial charge on any atom is 0.219 e. The lowest BCUT2D eigenvalue weighted by Gasteiger charge is -2.17. The van der Waals surface area contributed by atoms with Crippen molar-refractivity contribution in [3.63, 3.8) is 0 Å². The third-order valence-corrected chi connectivity index (χ3v) is 5.53. The quantitative estimate of drug-likeness (QED) is 0.133. The van der Waals surface area contributed by atoms with Crippen LogP contribution in [0.3, 0.4) is 0 Å². The highest BCUT2D eigenvalue weighted by Crippen LogP contribution is 2.10. The fraction of sp³-hybridized carbons (Fsp3) is 0.880. The Morgan fingerprint density at radius 1 is 0.700 bits per heavy atom. The number of allylic oxidation sites excluding steroid dienone is 2. The smallest absolute Gasteiger partial charge is 0.219 e. The molecule has 182 valence electrons. The van der Waals surface area contributed by atoms with Crippen LogP contribution in [0.1, 0.15) is 117 Å². The van der Waals surface area contributed by atoms with Crippen molar-refractivity contribution in [1.82, 2.24) is 22.5 Å². The molecule has 0 saturated carbocycles. The Labute approximate surface area is 189 Å². The fourth-order valence-corrected chi connectivity index (χ4v) is 3.51. The molecule has 7 N–H and O–H groups in total. The summed E-state index contributed by atoms with van der Waals surface area (Å²) < 4.78 is 0. The minimum absolute atomic E-state index is 0. The highest BCUT2D eigenvalue weighted by Gasteiger charge is 2.02. The molecule has 0 fully saturated rings. The van der Waals surface area contributed by atoms with E-state index in [-0.39, 0.29) is 18.2 Å². The standard InChI is InChI=1S/C25H50N2O.2H3N/c1-4-7-8-9-10-11-12-13-14-15-16-17-18-19-20-22-25(28)26-23-21-24-27(5-2)6-3;;/h13-14H,4-12,15-24H2,1-3H3,(H,26,28);2*1H3/b14-13-;;. The normalized spacial score (nSPS) is 10.8. The number of amides is 1. The van der Waals surface area contributed by atoms with Crippen molar-refractivity contribution in [3.05, 3.63) is 12.2 Å². The predicted molar refractivity (Wildman–Crippen MR) is 135 cm³/mol. The van der Waals surface area contributed by atoms with Crippen LogP contribution in [-0.4, -0.2) is 37.0 Å². The molecule has 0 bridgehead atoms. The molecule has 0 aromatic heterocycles. The van der Waals surface area contributed by atoms with Gasteiger partial charge < -0.3 is 22.5 Å². The number of hydrogen-bond acceptors (Lipinski definition) is 4. The number of rotatable bonds is 21. The van der Waals surface area contributed by atoms with Crippen LogP contribution in [0.15, 0.2) is 12.2 Å². The molecule has 0 aromatic carbocycles. The molecule has 0 unspecified atom stereocenters. The Hall–Kier alpha value is -0.910. The van der Waals surface area contributed by atoms with Gasteiger partial charge in [0.25, 0.3) is 0 Å². The number of hydrogen-bond donors (Lipinski definition) is 3. The van der Waals surface area contributed by atoms with Crippen molar-refractivity contribution in [2.75, 3.05) is 26.2 Å². The molecule has 0 aromatic rings. The molecule has 5 nitrogen and oxygen atoms in total. The van der Waals surface area contributed by atoms with Crippen molar-refractivity contribution >= 4 is 5.91 Å². The van der Waals surface area contributed by atoms with E-state index in [0.29, 0.717) is 6.42 Å². The Morgan fingerprint density at radius 2 is 1.20 bits per heavy atom. The molecule has 0 saturated heterocycles. The van der Waals surface area contributed by atoms with Crippen LogP contribution in [0.4, 0.5) is 0 Å². The van der Waals surface area contributed by atoms with Gasteiger partial charge in [-0.05, 0) is 58.2 Å². The summed E-state index contributed by atoms with van der Waals surface area (Å²) in [6.07, 6.45) is 23.4. The molecule has 0 aliphatic heterocycles. The van der Waals surface area contributed by atoms with Crippen molar-refractivity contribution < 1.29 is 4.79 Å². The first-order chi connectivity index (χ1) is 13.7. The Morgan fingerprint density at radius 3 is 1.73 bits per heavy atom. The zero-order valence-corrected chi connectivity index (χ0v) is 20.9. The van der Waals surface area contributed by atoms with Crippen LogP contribution >= 0.6 is 0 Å². The molecular formula is C25H56N4O. The third kappa shape index (κ3) is 25.1. The third-order valence-electron chi connectivity index (χ3n) is 5.53. The van der Waals surface area contributed by atoms with Gasteiger partial charge >= 0.3 is 0 Å². The summed E-state index contributed by atoms with van der Waals surface area (Å²) in [5.74, 6) is 0.233. The molecular weight excluding hydrogens is 372 g/mol. The lowest BCUT2D eigenvalue weighted by molar-refractivity contribution is -0.121. The number of unbranched alkanes of at least 4 members (excludes halogenated alkanes) is 11. The first-order valence-corrected chi connectivity index (χ1v) is 12.4. The van der Waals surface area contributed by atoms with E-state index >= 15 is 0 Å². The van der Waals surface area contributed by atoms with Gasteiger partial charge in [0.1, 0.15) is 0 Å². The molecule has 0 heterocycles. The summed E-state index contributed by atoms with van der Waals surface area (Å²) in [4.78, 5) is 14.2. The minimum Gasteiger partial charge on any atom is -0.356 e. The molecule has 0 rings (SSSR count). The summed E-state index contributed by atoms with van der Waals surface area (Å²) in [7, 11) is 0. The molecule has 1 amide bonds. The summed E-state index contributed by atoms with van der Waals surface area (Å²) in [5, 5.41) is 3.06. The van der Waals surface area contributed by atoms with Crippen LogP contribution in [-0.2, 0) is 4.79 Å². The van der Waals surface area contributed by atoms with E-state index in [1.165, 1.54) is 77.0 Å². The Balaban J connectivity index is -0.00000364. The highest BCUT2D eigenvalue weighted by molar-refractivity contribution is 5.75. The van der Waals surface area contributed by atoms with Crippen LogP contribution in [0, 0.1) is 0 Å². The first-order valence-electron chi connectivity index (χ1n) is 12.4.